The van der Waals surface area contributed by atoms with Crippen molar-refractivity contribution < 1.29 is 9.53 Å². The minimum absolute atomic E-state index is 0.297. The minimum atomic E-state index is -0.297. The van der Waals surface area contributed by atoms with Crippen molar-refractivity contribution in [1.29, 1.82) is 0 Å². The van der Waals surface area contributed by atoms with E-state index in [1.54, 1.807) is 12.4 Å². The van der Waals surface area contributed by atoms with Gasteiger partial charge in [0, 0.05) is 18.8 Å². The lowest BCUT2D eigenvalue weighted by atomic mass is 10.1. The van der Waals surface area contributed by atoms with Gasteiger partial charge in [-0.25, -0.2) is 9.97 Å². The first kappa shape index (κ1) is 15.0. The van der Waals surface area contributed by atoms with Gasteiger partial charge in [0.15, 0.2) is 0 Å². The van der Waals surface area contributed by atoms with Crippen LogP contribution in [0.15, 0.2) is 43.0 Å². The third-order valence-corrected chi connectivity index (χ3v) is 3.09. The molecule has 110 valence electrons. The van der Waals surface area contributed by atoms with Gasteiger partial charge in [-0.2, -0.15) is 0 Å². The van der Waals surface area contributed by atoms with Gasteiger partial charge in [0.1, 0.15) is 12.1 Å². The number of benzene rings is 1. The highest BCUT2D eigenvalue weighted by atomic mass is 16.5. The molecule has 3 rings (SSSR count). The lowest BCUT2D eigenvalue weighted by molar-refractivity contribution is -0.117. The fraction of sp³-hybridized carbons (Fsp3) is 0.312. The summed E-state index contributed by atoms with van der Waals surface area (Å²) in [5.74, 6) is 0.780. The van der Waals surface area contributed by atoms with Crippen molar-refractivity contribution in [1.82, 2.24) is 9.97 Å². The van der Waals surface area contributed by atoms with E-state index in [2.05, 4.69) is 22.1 Å². The number of rotatable bonds is 3. The molecule has 1 aliphatic rings. The summed E-state index contributed by atoms with van der Waals surface area (Å²) >= 11 is 0. The SMILES string of the molecule is NC(=O)CCc1cncnc1.c1ccc2c(c1)CCCO2. The number of primary amides is 1. The molecule has 0 unspecified atom stereocenters. The maximum absolute atomic E-state index is 10.4. The van der Waals surface area contributed by atoms with Gasteiger partial charge in [-0.3, -0.25) is 4.79 Å². The van der Waals surface area contributed by atoms with Crippen LogP contribution in [0.2, 0.25) is 0 Å². The molecule has 0 atom stereocenters. The monoisotopic (exact) mass is 285 g/mol. The van der Waals surface area contributed by atoms with Gasteiger partial charge in [-0.15, -0.1) is 0 Å². The summed E-state index contributed by atoms with van der Waals surface area (Å²) in [5, 5.41) is 0. The molecule has 2 N–H and O–H groups in total. The Morgan fingerprint density at radius 1 is 1.24 bits per heavy atom. The first-order valence-electron chi connectivity index (χ1n) is 6.98. The average Bonchev–Trinajstić information content (AvgIpc) is 2.55. The van der Waals surface area contributed by atoms with Crippen molar-refractivity contribution in [2.24, 2.45) is 5.73 Å². The molecule has 1 aliphatic heterocycles. The number of aryl methyl sites for hydroxylation is 2. The molecule has 0 aliphatic carbocycles. The van der Waals surface area contributed by atoms with Gasteiger partial charge < -0.3 is 10.5 Å². The normalized spacial score (nSPS) is 12.4. The van der Waals surface area contributed by atoms with Gasteiger partial charge >= 0.3 is 0 Å². The van der Waals surface area contributed by atoms with Crippen molar-refractivity contribution in [3.05, 3.63) is 54.1 Å². The van der Waals surface area contributed by atoms with Crippen LogP contribution in [-0.4, -0.2) is 22.5 Å². The fourth-order valence-electron chi connectivity index (χ4n) is 2.02. The van der Waals surface area contributed by atoms with Gasteiger partial charge in [-0.1, -0.05) is 18.2 Å². The topological polar surface area (TPSA) is 78.1 Å². The second kappa shape index (κ2) is 7.99. The summed E-state index contributed by atoms with van der Waals surface area (Å²) < 4.78 is 5.42. The van der Waals surface area contributed by atoms with E-state index < -0.39 is 0 Å². The van der Waals surface area contributed by atoms with Crippen molar-refractivity contribution in [3.8, 4) is 5.75 Å². The third-order valence-electron chi connectivity index (χ3n) is 3.09. The molecule has 1 aromatic carbocycles. The number of nitrogens with zero attached hydrogens (tertiary/aromatic N) is 2. The Morgan fingerprint density at radius 3 is 2.71 bits per heavy atom. The molecule has 21 heavy (non-hydrogen) atoms. The number of aromatic nitrogens is 2. The largest absolute Gasteiger partial charge is 0.493 e. The molecule has 0 radical (unpaired) electrons. The summed E-state index contributed by atoms with van der Waals surface area (Å²) in [6, 6.07) is 8.25. The highest BCUT2D eigenvalue weighted by Gasteiger charge is 2.06. The Balaban J connectivity index is 0.000000154. The highest BCUT2D eigenvalue weighted by Crippen LogP contribution is 2.23. The Morgan fingerprint density at radius 2 is 2.00 bits per heavy atom. The number of carbonyl (C=O) groups excluding carboxylic acids is 1. The molecule has 1 aromatic heterocycles. The molecular weight excluding hydrogens is 266 g/mol. The van der Waals surface area contributed by atoms with Crippen LogP contribution in [0.4, 0.5) is 0 Å². The number of ether oxygens (including phenoxy) is 1. The van der Waals surface area contributed by atoms with E-state index in [-0.39, 0.29) is 5.91 Å². The molecule has 0 spiro atoms. The van der Waals surface area contributed by atoms with E-state index in [9.17, 15) is 4.79 Å². The molecule has 0 saturated carbocycles. The molecule has 1 amide bonds. The summed E-state index contributed by atoms with van der Waals surface area (Å²) in [4.78, 5) is 18.0. The summed E-state index contributed by atoms with van der Waals surface area (Å²) in [6.07, 6.45) is 8.12. The van der Waals surface area contributed by atoms with E-state index in [0.717, 1.165) is 24.3 Å². The average molecular weight is 285 g/mol. The summed E-state index contributed by atoms with van der Waals surface area (Å²) in [5.41, 5.74) is 7.25. The maximum atomic E-state index is 10.4. The number of nitrogens with two attached hydrogens (primary N) is 1. The summed E-state index contributed by atoms with van der Waals surface area (Å²) in [7, 11) is 0. The van der Waals surface area contributed by atoms with Crippen molar-refractivity contribution >= 4 is 5.91 Å². The van der Waals surface area contributed by atoms with Crippen LogP contribution < -0.4 is 10.5 Å². The molecule has 5 nitrogen and oxygen atoms in total. The van der Waals surface area contributed by atoms with Crippen LogP contribution in [0.1, 0.15) is 24.0 Å². The predicted molar refractivity (Wildman–Crippen MR) is 79.8 cm³/mol. The van der Waals surface area contributed by atoms with Gasteiger partial charge in [-0.05, 0) is 36.5 Å². The molecule has 0 fully saturated rings. The minimum Gasteiger partial charge on any atom is -0.493 e. The van der Waals surface area contributed by atoms with Crippen molar-refractivity contribution in [2.45, 2.75) is 25.7 Å². The number of amides is 1. The number of para-hydroxylation sites is 1. The first-order chi connectivity index (χ1) is 10.3. The van der Waals surface area contributed by atoms with Gasteiger partial charge in [0.25, 0.3) is 0 Å². The number of hydrogen-bond acceptors (Lipinski definition) is 4. The molecule has 2 heterocycles. The van der Waals surface area contributed by atoms with E-state index in [0.29, 0.717) is 12.8 Å². The van der Waals surface area contributed by atoms with Crippen LogP contribution in [0.3, 0.4) is 0 Å². The fourth-order valence-corrected chi connectivity index (χ4v) is 2.02. The van der Waals surface area contributed by atoms with Gasteiger partial charge in [0.05, 0.1) is 6.61 Å². The summed E-state index contributed by atoms with van der Waals surface area (Å²) in [6.45, 7) is 0.886. The zero-order chi connectivity index (χ0) is 14.9. The molecule has 0 saturated heterocycles. The van der Waals surface area contributed by atoms with Gasteiger partial charge in [0.2, 0.25) is 5.91 Å². The second-order valence-corrected chi connectivity index (χ2v) is 4.77. The molecular formula is C16H19N3O2. The van der Waals surface area contributed by atoms with Crippen molar-refractivity contribution in [3.63, 3.8) is 0 Å². The van der Waals surface area contributed by atoms with Crippen LogP contribution >= 0.6 is 0 Å². The Hall–Kier alpha value is -2.43. The van der Waals surface area contributed by atoms with Crippen LogP contribution in [0.25, 0.3) is 0 Å². The second-order valence-electron chi connectivity index (χ2n) is 4.77. The molecule has 2 aromatic rings. The first-order valence-corrected chi connectivity index (χ1v) is 6.98. The molecule has 0 bridgehead atoms. The lowest BCUT2D eigenvalue weighted by Gasteiger charge is -2.15. The zero-order valence-corrected chi connectivity index (χ0v) is 11.9. The number of carbonyl (C=O) groups is 1. The predicted octanol–water partition coefficient (Wildman–Crippen LogP) is 1.91. The maximum Gasteiger partial charge on any atom is 0.217 e. The Kier molecular flexibility index (Phi) is 5.70. The van der Waals surface area contributed by atoms with E-state index >= 15 is 0 Å². The zero-order valence-electron chi connectivity index (χ0n) is 11.9. The standard InChI is InChI=1S/C9H10O.C7H9N3O/c1-2-6-9-8(4-1)5-3-7-10-9;8-7(11)2-1-6-3-9-5-10-4-6/h1-2,4,6H,3,5,7H2;3-5H,1-2H2,(H2,8,11). The van der Waals surface area contributed by atoms with Crippen molar-refractivity contribution in [2.75, 3.05) is 6.61 Å². The Labute approximate surface area is 124 Å². The van der Waals surface area contributed by atoms with E-state index in [4.69, 9.17) is 10.5 Å². The third kappa shape index (κ3) is 5.22. The molecule has 5 heteroatoms. The Bertz CT molecular complexity index is 548. The highest BCUT2D eigenvalue weighted by molar-refractivity contribution is 5.73. The van der Waals surface area contributed by atoms with E-state index in [1.807, 2.05) is 12.1 Å². The van der Waals surface area contributed by atoms with Crippen LogP contribution in [0, 0.1) is 0 Å². The smallest absolute Gasteiger partial charge is 0.217 e. The number of fused-ring (bicyclic) bond motifs is 1. The van der Waals surface area contributed by atoms with Crippen LogP contribution in [0.5, 0.6) is 5.75 Å². The lowest BCUT2D eigenvalue weighted by Crippen LogP contribution is -2.11. The van der Waals surface area contributed by atoms with Crippen LogP contribution in [-0.2, 0) is 17.6 Å². The van der Waals surface area contributed by atoms with E-state index in [1.165, 1.54) is 18.3 Å². The quantitative estimate of drug-likeness (QED) is 0.934. The number of hydrogen-bond donors (Lipinski definition) is 1.